The van der Waals surface area contributed by atoms with Gasteiger partial charge in [0.2, 0.25) is 0 Å². The average molecular weight is 475 g/mol. The summed E-state index contributed by atoms with van der Waals surface area (Å²) >= 11 is 1.06. The molecule has 1 aliphatic rings. The molecule has 0 saturated carbocycles. The van der Waals surface area contributed by atoms with Crippen LogP contribution in [0.4, 0.5) is 5.69 Å². The molecule has 0 spiro atoms. The van der Waals surface area contributed by atoms with Crippen LogP contribution in [0.5, 0.6) is 0 Å². The molecule has 0 amide bonds. The van der Waals surface area contributed by atoms with Crippen molar-refractivity contribution in [2.75, 3.05) is 6.61 Å². The number of aromatic carboxylic acids is 1. The molecule has 34 heavy (non-hydrogen) atoms. The van der Waals surface area contributed by atoms with Gasteiger partial charge in [0.25, 0.3) is 0 Å². The van der Waals surface area contributed by atoms with Crippen molar-refractivity contribution in [2.45, 2.75) is 13.8 Å². The third-order valence-corrected chi connectivity index (χ3v) is 5.95. The maximum atomic E-state index is 13.1. The number of hydrogen-bond acceptors (Lipinski definition) is 7. The zero-order valence-corrected chi connectivity index (χ0v) is 19.2. The maximum absolute atomic E-state index is 13.1. The Kier molecular flexibility index (Phi) is 6.70. The average Bonchev–Trinajstić information content (AvgIpc) is 3.40. The van der Waals surface area contributed by atoms with E-state index in [2.05, 4.69) is 4.99 Å². The fourth-order valence-electron chi connectivity index (χ4n) is 3.30. The summed E-state index contributed by atoms with van der Waals surface area (Å²) in [6.45, 7) is 3.74. The minimum Gasteiger partial charge on any atom is -0.871 e. The molecule has 2 heterocycles. The van der Waals surface area contributed by atoms with E-state index < -0.39 is 17.7 Å². The number of carboxylic acid groups (broad SMARTS) is 1. The summed E-state index contributed by atoms with van der Waals surface area (Å²) < 4.78 is 10.9. The number of carboxylic acids is 1. The molecule has 7 nitrogen and oxygen atoms in total. The maximum Gasteiger partial charge on any atom is 0.340 e. The fraction of sp³-hybridized carbons (Fsp3) is 0.115. The lowest BCUT2D eigenvalue weighted by Crippen LogP contribution is -2.16. The van der Waals surface area contributed by atoms with Crippen LogP contribution in [0.15, 0.2) is 86.3 Å². The molecule has 1 N–H and O–H groups in total. The summed E-state index contributed by atoms with van der Waals surface area (Å²) in [5, 5.41) is 22.8. The van der Waals surface area contributed by atoms with Gasteiger partial charge >= 0.3 is 11.9 Å². The molecule has 0 saturated heterocycles. The highest BCUT2D eigenvalue weighted by molar-refractivity contribution is 8.18. The summed E-state index contributed by atoms with van der Waals surface area (Å²) in [4.78, 5) is 28.8. The highest BCUT2D eigenvalue weighted by Gasteiger charge is 2.28. The van der Waals surface area contributed by atoms with Gasteiger partial charge in [-0.15, -0.1) is 0 Å². The summed E-state index contributed by atoms with van der Waals surface area (Å²) in [5.41, 5.74) is 2.07. The lowest BCUT2D eigenvalue weighted by Gasteiger charge is -2.10. The first kappa shape index (κ1) is 23.1. The molecule has 1 aromatic heterocycles. The number of thioether (sulfide) groups is 1. The van der Waals surface area contributed by atoms with Gasteiger partial charge in [-0.1, -0.05) is 53.4 Å². The third kappa shape index (κ3) is 4.82. The third-order valence-electron chi connectivity index (χ3n) is 4.94. The Balaban J connectivity index is 1.71. The summed E-state index contributed by atoms with van der Waals surface area (Å²) in [6, 6.07) is 17.1. The van der Waals surface area contributed by atoms with Gasteiger partial charge in [-0.25, -0.2) is 14.6 Å². The first-order valence-corrected chi connectivity index (χ1v) is 11.3. The van der Waals surface area contributed by atoms with Gasteiger partial charge in [-0.3, -0.25) is 0 Å². The molecule has 172 valence electrons. The highest BCUT2D eigenvalue weighted by Crippen LogP contribution is 2.39. The summed E-state index contributed by atoms with van der Waals surface area (Å²) in [7, 11) is 0. The Morgan fingerprint density at radius 3 is 2.56 bits per heavy atom. The molecule has 4 rings (SSSR count). The number of benzene rings is 2. The number of rotatable bonds is 6. The van der Waals surface area contributed by atoms with Crippen LogP contribution in [-0.4, -0.2) is 28.7 Å². The number of ether oxygens (including phenoxy) is 1. The van der Waals surface area contributed by atoms with Crippen LogP contribution in [0.2, 0.25) is 0 Å². The normalized spacial score (nSPS) is 15.8. The second kappa shape index (κ2) is 9.84. The first-order chi connectivity index (χ1) is 16.4. The summed E-state index contributed by atoms with van der Waals surface area (Å²) in [5.74, 6) is -1.61. The molecule has 1 aliphatic heterocycles. The van der Waals surface area contributed by atoms with Crippen molar-refractivity contribution in [3.63, 3.8) is 0 Å². The van der Waals surface area contributed by atoms with Crippen LogP contribution in [-0.2, 0) is 9.53 Å². The van der Waals surface area contributed by atoms with E-state index >= 15 is 0 Å². The van der Waals surface area contributed by atoms with E-state index in [1.165, 1.54) is 12.1 Å². The molecular weight excluding hydrogens is 454 g/mol. The Labute approximate surface area is 200 Å². The molecule has 0 aliphatic carbocycles. The molecular formula is C26H20NO6S-. The van der Waals surface area contributed by atoms with Crippen molar-refractivity contribution in [3.05, 3.63) is 93.8 Å². The van der Waals surface area contributed by atoms with Crippen LogP contribution < -0.4 is 5.11 Å². The molecule has 0 fully saturated rings. The van der Waals surface area contributed by atoms with E-state index in [9.17, 15) is 19.8 Å². The lowest BCUT2D eigenvalue weighted by molar-refractivity contribution is -0.296. The van der Waals surface area contributed by atoms with Crippen LogP contribution in [0.1, 0.15) is 28.6 Å². The highest BCUT2D eigenvalue weighted by atomic mass is 32.2. The van der Waals surface area contributed by atoms with Gasteiger partial charge in [-0.05, 0) is 50.3 Å². The van der Waals surface area contributed by atoms with Gasteiger partial charge in [0.05, 0.1) is 23.4 Å². The van der Waals surface area contributed by atoms with Crippen LogP contribution in [0.25, 0.3) is 17.4 Å². The molecule has 2 aromatic carbocycles. The monoisotopic (exact) mass is 474 g/mol. The minimum absolute atomic E-state index is 0.104. The van der Waals surface area contributed by atoms with Crippen LogP contribution in [0.3, 0.4) is 0 Å². The van der Waals surface area contributed by atoms with Crippen molar-refractivity contribution in [1.82, 2.24) is 0 Å². The molecule has 3 aromatic rings. The predicted octanol–water partition coefficient (Wildman–Crippen LogP) is 4.95. The van der Waals surface area contributed by atoms with Crippen LogP contribution in [0, 0.1) is 6.92 Å². The predicted molar refractivity (Wildman–Crippen MR) is 129 cm³/mol. The molecule has 0 bridgehead atoms. The second-order valence-electron chi connectivity index (χ2n) is 7.34. The van der Waals surface area contributed by atoms with E-state index in [1.54, 1.807) is 49.4 Å². The van der Waals surface area contributed by atoms with Crippen molar-refractivity contribution >= 4 is 40.5 Å². The fourth-order valence-corrected chi connectivity index (χ4v) is 4.31. The number of esters is 1. The van der Waals surface area contributed by atoms with E-state index in [4.69, 9.17) is 9.15 Å². The summed E-state index contributed by atoms with van der Waals surface area (Å²) in [6.07, 6.45) is 1.51. The Bertz CT molecular complexity index is 1350. The number of aliphatic imine (C=N–C) groups is 1. The zero-order valence-electron chi connectivity index (χ0n) is 18.4. The zero-order chi connectivity index (χ0) is 24.2. The van der Waals surface area contributed by atoms with E-state index in [-0.39, 0.29) is 27.7 Å². The van der Waals surface area contributed by atoms with Gasteiger partial charge < -0.3 is 19.4 Å². The van der Waals surface area contributed by atoms with Crippen LogP contribution >= 0.6 is 11.8 Å². The number of hydrogen-bond donors (Lipinski definition) is 1. The first-order valence-electron chi connectivity index (χ1n) is 10.4. The van der Waals surface area contributed by atoms with E-state index in [1.807, 2.05) is 19.1 Å². The number of carbonyl (C=O) groups excluding carboxylic acids is 1. The SMILES string of the molecule is CCOC(=O)C1=C([O-])/C(=C/c2ccc(-c3ccccc3C(=O)O)o2)SC1=Nc1ccc(C)cc1. The molecule has 0 radical (unpaired) electrons. The molecule has 8 heteroatoms. The molecule has 0 unspecified atom stereocenters. The number of aryl methyl sites for hydroxylation is 1. The van der Waals surface area contributed by atoms with Crippen molar-refractivity contribution in [2.24, 2.45) is 4.99 Å². The van der Waals surface area contributed by atoms with Crippen molar-refractivity contribution in [1.29, 1.82) is 0 Å². The standard InChI is InChI=1S/C26H21NO6S/c1-3-32-26(31)22-23(28)21(34-24(22)27-16-10-8-15(2)9-11-16)14-17-12-13-20(33-17)18-6-4-5-7-19(18)25(29)30/h4-14,28H,3H2,1-2H3,(H,29,30)/p-1/b21-14-,27-24?. The Morgan fingerprint density at radius 1 is 1.12 bits per heavy atom. The smallest absolute Gasteiger partial charge is 0.340 e. The van der Waals surface area contributed by atoms with E-state index in [0.29, 0.717) is 22.8 Å². The van der Waals surface area contributed by atoms with Gasteiger partial charge in [0, 0.05) is 10.5 Å². The Morgan fingerprint density at radius 2 is 1.85 bits per heavy atom. The van der Waals surface area contributed by atoms with Crippen molar-refractivity contribution < 1.29 is 29.0 Å². The largest absolute Gasteiger partial charge is 0.871 e. The van der Waals surface area contributed by atoms with Gasteiger partial charge in [0.1, 0.15) is 16.6 Å². The topological polar surface area (TPSA) is 112 Å². The van der Waals surface area contributed by atoms with Gasteiger partial charge in [0.15, 0.2) is 0 Å². The minimum atomic E-state index is -1.07. The number of furan rings is 1. The van der Waals surface area contributed by atoms with E-state index in [0.717, 1.165) is 17.3 Å². The Hall–Kier alpha value is -4.04. The quantitative estimate of drug-likeness (QED) is 0.503. The molecule has 0 atom stereocenters. The van der Waals surface area contributed by atoms with Crippen molar-refractivity contribution in [3.8, 4) is 11.3 Å². The van der Waals surface area contributed by atoms with Gasteiger partial charge in [-0.2, -0.15) is 0 Å². The second-order valence-corrected chi connectivity index (χ2v) is 8.37. The lowest BCUT2D eigenvalue weighted by atomic mass is 10.1. The number of carbonyl (C=O) groups is 2. The number of nitrogens with zero attached hydrogens (tertiary/aromatic N) is 1.